The number of rotatable bonds is 7. The van der Waals surface area contributed by atoms with Gasteiger partial charge in [-0.3, -0.25) is 0 Å². The van der Waals surface area contributed by atoms with Gasteiger partial charge in [-0.25, -0.2) is 0 Å². The maximum absolute atomic E-state index is 5.55. The van der Waals surface area contributed by atoms with Crippen molar-refractivity contribution in [3.8, 4) is 11.5 Å². The van der Waals surface area contributed by atoms with Crippen LogP contribution in [0.3, 0.4) is 0 Å². The van der Waals surface area contributed by atoms with Gasteiger partial charge in [0.1, 0.15) is 11.5 Å². The molecule has 2 aromatic rings. The Bertz CT molecular complexity index is 573. The van der Waals surface area contributed by atoms with Crippen LogP contribution < -0.4 is 9.47 Å². The van der Waals surface area contributed by atoms with E-state index in [1.165, 1.54) is 0 Å². The molecule has 0 aliphatic carbocycles. The minimum atomic E-state index is 0.263. The summed E-state index contributed by atoms with van der Waals surface area (Å²) < 4.78 is 15.6. The molecule has 0 saturated carbocycles. The molecular formula is C18H20O3. The highest BCUT2D eigenvalue weighted by Crippen LogP contribution is 2.19. The molecule has 0 bridgehead atoms. The third-order valence-electron chi connectivity index (χ3n) is 3.07. The zero-order valence-corrected chi connectivity index (χ0v) is 12.4. The number of para-hydroxylation sites is 1. The number of ether oxygens (including phenoxy) is 3. The van der Waals surface area contributed by atoms with Crippen molar-refractivity contribution in [3.05, 3.63) is 65.7 Å². The van der Waals surface area contributed by atoms with Gasteiger partial charge in [-0.2, -0.15) is 0 Å². The molecule has 0 heterocycles. The van der Waals surface area contributed by atoms with Gasteiger partial charge in [0.25, 0.3) is 0 Å². The molecular weight excluding hydrogens is 264 g/mol. The van der Waals surface area contributed by atoms with Crippen LogP contribution in [-0.2, 0) is 11.2 Å². The van der Waals surface area contributed by atoms with Crippen molar-refractivity contribution in [1.29, 1.82) is 0 Å². The molecule has 2 rings (SSSR count). The Morgan fingerprint density at radius 1 is 0.952 bits per heavy atom. The van der Waals surface area contributed by atoms with Gasteiger partial charge in [0.2, 0.25) is 0 Å². The first-order valence-corrected chi connectivity index (χ1v) is 6.83. The van der Waals surface area contributed by atoms with E-state index in [-0.39, 0.29) is 6.79 Å². The standard InChI is InChI=1S/C18H20O3/c1-19-14-21-18-9-4-3-7-16(18)8-5-6-15-10-12-17(20-2)13-11-15/h3-7,9-13H,8,14H2,1-2H3/b6-5+. The zero-order chi connectivity index (χ0) is 14.9. The lowest BCUT2D eigenvalue weighted by Gasteiger charge is -2.08. The topological polar surface area (TPSA) is 27.7 Å². The SMILES string of the molecule is COCOc1ccccc1C/C=C/c1ccc(OC)cc1. The molecule has 0 aromatic heterocycles. The lowest BCUT2D eigenvalue weighted by Crippen LogP contribution is -2.01. The summed E-state index contributed by atoms with van der Waals surface area (Å²) in [6.45, 7) is 0.263. The van der Waals surface area contributed by atoms with Crippen molar-refractivity contribution in [1.82, 2.24) is 0 Å². The summed E-state index contributed by atoms with van der Waals surface area (Å²) in [5.41, 5.74) is 2.28. The Labute approximate surface area is 125 Å². The Balaban J connectivity index is 1.99. The highest BCUT2D eigenvalue weighted by molar-refractivity contribution is 5.51. The maximum Gasteiger partial charge on any atom is 0.188 e. The molecule has 0 radical (unpaired) electrons. The third-order valence-corrected chi connectivity index (χ3v) is 3.07. The number of methoxy groups -OCH3 is 2. The summed E-state index contributed by atoms with van der Waals surface area (Å²) in [5.74, 6) is 1.73. The van der Waals surface area contributed by atoms with Crippen LogP contribution in [0.1, 0.15) is 11.1 Å². The summed E-state index contributed by atoms with van der Waals surface area (Å²) in [4.78, 5) is 0. The van der Waals surface area contributed by atoms with Crippen molar-refractivity contribution >= 4 is 6.08 Å². The van der Waals surface area contributed by atoms with Crippen molar-refractivity contribution < 1.29 is 14.2 Å². The van der Waals surface area contributed by atoms with E-state index in [2.05, 4.69) is 18.2 Å². The van der Waals surface area contributed by atoms with E-state index in [4.69, 9.17) is 14.2 Å². The first-order valence-electron chi connectivity index (χ1n) is 6.83. The highest BCUT2D eigenvalue weighted by atomic mass is 16.7. The van der Waals surface area contributed by atoms with Crippen LogP contribution >= 0.6 is 0 Å². The van der Waals surface area contributed by atoms with E-state index in [0.29, 0.717) is 0 Å². The summed E-state index contributed by atoms with van der Waals surface area (Å²) in [6.07, 6.45) is 5.02. The van der Waals surface area contributed by atoms with Crippen LogP contribution in [-0.4, -0.2) is 21.0 Å². The fraction of sp³-hybridized carbons (Fsp3) is 0.222. The van der Waals surface area contributed by atoms with Crippen molar-refractivity contribution in [3.63, 3.8) is 0 Å². The molecule has 110 valence electrons. The maximum atomic E-state index is 5.55. The van der Waals surface area contributed by atoms with Crippen molar-refractivity contribution in [2.45, 2.75) is 6.42 Å². The van der Waals surface area contributed by atoms with Gasteiger partial charge in [-0.05, 0) is 35.7 Å². The quantitative estimate of drug-likeness (QED) is 0.721. The molecule has 0 N–H and O–H groups in total. The van der Waals surface area contributed by atoms with E-state index in [9.17, 15) is 0 Å². The molecule has 0 aliphatic rings. The average molecular weight is 284 g/mol. The fourth-order valence-electron chi connectivity index (χ4n) is 1.97. The third kappa shape index (κ3) is 4.65. The zero-order valence-electron chi connectivity index (χ0n) is 12.4. The molecule has 2 aromatic carbocycles. The van der Waals surface area contributed by atoms with Crippen molar-refractivity contribution in [2.24, 2.45) is 0 Å². The van der Waals surface area contributed by atoms with Gasteiger partial charge in [0.05, 0.1) is 7.11 Å². The van der Waals surface area contributed by atoms with E-state index in [1.807, 2.05) is 42.5 Å². The van der Waals surface area contributed by atoms with E-state index in [1.54, 1.807) is 14.2 Å². The van der Waals surface area contributed by atoms with Crippen LogP contribution in [0.15, 0.2) is 54.6 Å². The number of hydrogen-bond acceptors (Lipinski definition) is 3. The number of hydrogen-bond donors (Lipinski definition) is 0. The molecule has 0 unspecified atom stereocenters. The Hall–Kier alpha value is -2.26. The number of benzene rings is 2. The summed E-state index contributed by atoms with van der Waals surface area (Å²) >= 11 is 0. The molecule has 3 nitrogen and oxygen atoms in total. The van der Waals surface area contributed by atoms with E-state index < -0.39 is 0 Å². The molecule has 0 aliphatic heterocycles. The second-order valence-electron chi connectivity index (χ2n) is 4.54. The molecule has 0 spiro atoms. The van der Waals surface area contributed by atoms with Crippen LogP contribution in [0.2, 0.25) is 0 Å². The lowest BCUT2D eigenvalue weighted by atomic mass is 10.1. The second kappa shape index (κ2) is 8.12. The highest BCUT2D eigenvalue weighted by Gasteiger charge is 2.00. The Morgan fingerprint density at radius 2 is 1.71 bits per heavy atom. The molecule has 0 atom stereocenters. The first-order chi connectivity index (χ1) is 10.3. The van der Waals surface area contributed by atoms with E-state index in [0.717, 1.165) is 29.0 Å². The van der Waals surface area contributed by atoms with Gasteiger partial charge in [-0.1, -0.05) is 42.5 Å². The van der Waals surface area contributed by atoms with Crippen LogP contribution in [0.5, 0.6) is 11.5 Å². The summed E-state index contributed by atoms with van der Waals surface area (Å²) in [5, 5.41) is 0. The Kier molecular flexibility index (Phi) is 5.85. The first kappa shape index (κ1) is 15.1. The normalized spacial score (nSPS) is 10.8. The minimum Gasteiger partial charge on any atom is -0.497 e. The van der Waals surface area contributed by atoms with Crippen LogP contribution in [0, 0.1) is 0 Å². The lowest BCUT2D eigenvalue weighted by molar-refractivity contribution is 0.0505. The van der Waals surface area contributed by atoms with Gasteiger partial charge < -0.3 is 14.2 Å². The predicted octanol–water partition coefficient (Wildman–Crippen LogP) is 3.93. The summed E-state index contributed by atoms with van der Waals surface area (Å²) in [7, 11) is 3.29. The molecule has 3 heteroatoms. The molecule has 0 saturated heterocycles. The summed E-state index contributed by atoms with van der Waals surface area (Å²) in [6, 6.07) is 16.0. The molecule has 0 amide bonds. The van der Waals surface area contributed by atoms with E-state index >= 15 is 0 Å². The minimum absolute atomic E-state index is 0.263. The largest absolute Gasteiger partial charge is 0.497 e. The van der Waals surface area contributed by atoms with Gasteiger partial charge in [0.15, 0.2) is 6.79 Å². The molecule has 21 heavy (non-hydrogen) atoms. The van der Waals surface area contributed by atoms with Crippen molar-refractivity contribution in [2.75, 3.05) is 21.0 Å². The van der Waals surface area contributed by atoms with Gasteiger partial charge in [-0.15, -0.1) is 0 Å². The van der Waals surface area contributed by atoms with Gasteiger partial charge >= 0.3 is 0 Å². The fourth-order valence-corrected chi connectivity index (χ4v) is 1.97. The van der Waals surface area contributed by atoms with Crippen LogP contribution in [0.25, 0.3) is 6.08 Å². The Morgan fingerprint density at radius 3 is 2.43 bits per heavy atom. The predicted molar refractivity (Wildman–Crippen MR) is 84.7 cm³/mol. The average Bonchev–Trinajstić information content (AvgIpc) is 2.54. The monoisotopic (exact) mass is 284 g/mol. The second-order valence-corrected chi connectivity index (χ2v) is 4.54. The van der Waals surface area contributed by atoms with Crippen LogP contribution in [0.4, 0.5) is 0 Å². The number of allylic oxidation sites excluding steroid dienone is 1. The molecule has 0 fully saturated rings. The smallest absolute Gasteiger partial charge is 0.188 e. The van der Waals surface area contributed by atoms with Gasteiger partial charge in [0, 0.05) is 7.11 Å².